The van der Waals surface area contributed by atoms with E-state index >= 15 is 0 Å². The van der Waals surface area contributed by atoms with E-state index in [1.54, 1.807) is 26.1 Å². The molecule has 1 aromatic carbocycles. The number of methoxy groups -OCH3 is 1. The van der Waals surface area contributed by atoms with Crippen molar-refractivity contribution in [3.05, 3.63) is 29.8 Å². The number of benzene rings is 1. The van der Waals surface area contributed by atoms with Crippen LogP contribution in [0.4, 0.5) is 0 Å². The first-order valence-electron chi connectivity index (χ1n) is 6.67. The number of nitrogens with zero attached hydrogens (tertiary/aromatic N) is 2. The fraction of sp³-hybridized carbons (Fsp3) is 0.533. The molecular formula is C15H25N3O2. The Morgan fingerprint density at radius 3 is 2.55 bits per heavy atom. The van der Waals surface area contributed by atoms with Crippen LogP contribution < -0.4 is 10.1 Å². The summed E-state index contributed by atoms with van der Waals surface area (Å²) < 4.78 is 5.26. The lowest BCUT2D eigenvalue weighted by Gasteiger charge is -2.25. The Balaban J connectivity index is 2.67. The van der Waals surface area contributed by atoms with Gasteiger partial charge in [0, 0.05) is 26.7 Å². The molecule has 0 aromatic heterocycles. The van der Waals surface area contributed by atoms with E-state index in [1.807, 2.05) is 32.3 Å². The van der Waals surface area contributed by atoms with Crippen molar-refractivity contribution in [3.8, 4) is 5.75 Å². The van der Waals surface area contributed by atoms with Gasteiger partial charge < -0.3 is 19.9 Å². The van der Waals surface area contributed by atoms with Gasteiger partial charge in [-0.2, -0.15) is 0 Å². The van der Waals surface area contributed by atoms with Crippen LogP contribution in [-0.2, 0) is 4.79 Å². The van der Waals surface area contributed by atoms with Gasteiger partial charge in [0.25, 0.3) is 0 Å². The third-order valence-electron chi connectivity index (χ3n) is 3.21. The van der Waals surface area contributed by atoms with Crippen molar-refractivity contribution >= 4 is 5.91 Å². The molecule has 5 nitrogen and oxygen atoms in total. The number of amides is 1. The maximum absolute atomic E-state index is 11.6. The van der Waals surface area contributed by atoms with Crippen LogP contribution in [0.25, 0.3) is 0 Å². The van der Waals surface area contributed by atoms with Gasteiger partial charge in [-0.15, -0.1) is 0 Å². The van der Waals surface area contributed by atoms with Crippen molar-refractivity contribution in [2.24, 2.45) is 0 Å². The molecule has 0 aliphatic heterocycles. The van der Waals surface area contributed by atoms with E-state index in [9.17, 15) is 4.79 Å². The van der Waals surface area contributed by atoms with Crippen molar-refractivity contribution in [2.45, 2.75) is 6.04 Å². The highest BCUT2D eigenvalue weighted by Gasteiger charge is 2.15. The predicted molar refractivity (Wildman–Crippen MR) is 81.0 cm³/mol. The summed E-state index contributed by atoms with van der Waals surface area (Å²) in [6, 6.07) is 8.21. The molecule has 112 valence electrons. The van der Waals surface area contributed by atoms with Crippen molar-refractivity contribution in [1.82, 2.24) is 15.1 Å². The van der Waals surface area contributed by atoms with Gasteiger partial charge in [0.1, 0.15) is 5.75 Å². The molecule has 0 spiro atoms. The lowest BCUT2D eigenvalue weighted by Crippen LogP contribution is -2.37. The minimum atomic E-state index is 0.0770. The summed E-state index contributed by atoms with van der Waals surface area (Å²) in [6.07, 6.45) is 0. The number of hydrogen-bond acceptors (Lipinski definition) is 4. The molecule has 20 heavy (non-hydrogen) atoms. The van der Waals surface area contributed by atoms with E-state index in [0.29, 0.717) is 13.1 Å². The molecule has 0 bridgehead atoms. The van der Waals surface area contributed by atoms with Crippen LogP contribution in [0.15, 0.2) is 24.3 Å². The molecule has 0 aliphatic rings. The Morgan fingerprint density at radius 2 is 2.00 bits per heavy atom. The zero-order chi connectivity index (χ0) is 15.1. The number of hydrogen-bond donors (Lipinski definition) is 1. The summed E-state index contributed by atoms with van der Waals surface area (Å²) in [5.74, 6) is 0.923. The molecular weight excluding hydrogens is 254 g/mol. The first kappa shape index (κ1) is 16.5. The second-order valence-electron chi connectivity index (χ2n) is 5.18. The van der Waals surface area contributed by atoms with Crippen LogP contribution in [0.2, 0.25) is 0 Å². The molecule has 0 saturated carbocycles. The van der Waals surface area contributed by atoms with Gasteiger partial charge in [-0.25, -0.2) is 0 Å². The molecule has 1 aromatic rings. The van der Waals surface area contributed by atoms with E-state index < -0.39 is 0 Å². The molecule has 1 amide bonds. The fourth-order valence-corrected chi connectivity index (χ4v) is 1.92. The van der Waals surface area contributed by atoms with Gasteiger partial charge >= 0.3 is 0 Å². The van der Waals surface area contributed by atoms with Crippen molar-refractivity contribution in [3.63, 3.8) is 0 Å². The Kier molecular flexibility index (Phi) is 6.48. The molecule has 0 heterocycles. The topological polar surface area (TPSA) is 44.8 Å². The molecule has 1 unspecified atom stereocenters. The third kappa shape index (κ3) is 4.83. The predicted octanol–water partition coefficient (Wildman–Crippen LogP) is 0.976. The monoisotopic (exact) mass is 279 g/mol. The molecule has 1 rings (SSSR count). The SMILES string of the molecule is COc1cccc(C(CNCC(=O)N(C)C)N(C)C)c1. The molecule has 0 saturated heterocycles. The van der Waals surface area contributed by atoms with E-state index in [1.165, 1.54) is 5.56 Å². The van der Waals surface area contributed by atoms with Gasteiger partial charge in [0.15, 0.2) is 0 Å². The lowest BCUT2D eigenvalue weighted by atomic mass is 10.1. The van der Waals surface area contributed by atoms with Gasteiger partial charge in [0.2, 0.25) is 5.91 Å². The Morgan fingerprint density at radius 1 is 1.30 bits per heavy atom. The summed E-state index contributed by atoms with van der Waals surface area (Å²) in [4.78, 5) is 15.3. The third-order valence-corrected chi connectivity index (χ3v) is 3.21. The normalized spacial score (nSPS) is 12.3. The minimum absolute atomic E-state index is 0.0770. The van der Waals surface area contributed by atoms with Crippen molar-refractivity contribution in [1.29, 1.82) is 0 Å². The average Bonchev–Trinajstić information content (AvgIpc) is 2.42. The number of nitrogens with one attached hydrogen (secondary N) is 1. The average molecular weight is 279 g/mol. The second kappa shape index (κ2) is 7.87. The quantitative estimate of drug-likeness (QED) is 0.808. The molecule has 0 aliphatic carbocycles. The highest BCUT2D eigenvalue weighted by molar-refractivity contribution is 5.77. The summed E-state index contributed by atoms with van der Waals surface area (Å²) in [6.45, 7) is 1.06. The Bertz CT molecular complexity index is 433. The van der Waals surface area contributed by atoms with E-state index in [-0.39, 0.29) is 11.9 Å². The van der Waals surface area contributed by atoms with E-state index in [2.05, 4.69) is 16.3 Å². The van der Waals surface area contributed by atoms with Crippen molar-refractivity contribution < 1.29 is 9.53 Å². The highest BCUT2D eigenvalue weighted by atomic mass is 16.5. The maximum Gasteiger partial charge on any atom is 0.236 e. The first-order chi connectivity index (χ1) is 9.45. The van der Waals surface area contributed by atoms with Crippen LogP contribution >= 0.6 is 0 Å². The summed E-state index contributed by atoms with van der Waals surface area (Å²) in [5, 5.41) is 3.21. The Hall–Kier alpha value is -1.59. The van der Waals surface area contributed by atoms with Crippen LogP contribution in [-0.4, -0.2) is 64.1 Å². The van der Waals surface area contributed by atoms with Crippen LogP contribution in [0.5, 0.6) is 5.75 Å². The van der Waals surface area contributed by atoms with Gasteiger partial charge in [0.05, 0.1) is 13.7 Å². The fourth-order valence-electron chi connectivity index (χ4n) is 1.92. The van der Waals surface area contributed by atoms with Crippen LogP contribution in [0.3, 0.4) is 0 Å². The van der Waals surface area contributed by atoms with Gasteiger partial charge in [-0.05, 0) is 31.8 Å². The minimum Gasteiger partial charge on any atom is -0.497 e. The van der Waals surface area contributed by atoms with Crippen LogP contribution in [0.1, 0.15) is 11.6 Å². The zero-order valence-electron chi connectivity index (χ0n) is 13.0. The number of ether oxygens (including phenoxy) is 1. The number of carbonyl (C=O) groups excluding carboxylic acids is 1. The molecule has 0 fully saturated rings. The molecule has 1 atom stereocenters. The Labute approximate surface area is 121 Å². The number of likely N-dealkylation sites (N-methyl/N-ethyl adjacent to an activating group) is 2. The maximum atomic E-state index is 11.6. The number of rotatable bonds is 7. The molecule has 1 N–H and O–H groups in total. The summed E-state index contributed by atoms with van der Waals surface area (Å²) in [7, 11) is 9.24. The molecule has 5 heteroatoms. The largest absolute Gasteiger partial charge is 0.497 e. The zero-order valence-corrected chi connectivity index (χ0v) is 13.0. The highest BCUT2D eigenvalue weighted by Crippen LogP contribution is 2.21. The van der Waals surface area contributed by atoms with Gasteiger partial charge in [-0.3, -0.25) is 4.79 Å². The van der Waals surface area contributed by atoms with Gasteiger partial charge in [-0.1, -0.05) is 12.1 Å². The van der Waals surface area contributed by atoms with Crippen molar-refractivity contribution in [2.75, 3.05) is 48.4 Å². The van der Waals surface area contributed by atoms with E-state index in [0.717, 1.165) is 5.75 Å². The first-order valence-corrected chi connectivity index (χ1v) is 6.67. The standard InChI is InChI=1S/C15H25N3O2/c1-17(2)14(10-16-11-15(19)18(3)4)12-7-6-8-13(9-12)20-5/h6-9,14,16H,10-11H2,1-5H3. The summed E-state index contributed by atoms with van der Waals surface area (Å²) in [5.41, 5.74) is 1.17. The number of carbonyl (C=O) groups is 1. The molecule has 0 radical (unpaired) electrons. The summed E-state index contributed by atoms with van der Waals surface area (Å²) >= 11 is 0. The van der Waals surface area contributed by atoms with Crippen LogP contribution in [0, 0.1) is 0 Å². The lowest BCUT2D eigenvalue weighted by molar-refractivity contribution is -0.127. The van der Waals surface area contributed by atoms with E-state index in [4.69, 9.17) is 4.74 Å². The second-order valence-corrected chi connectivity index (χ2v) is 5.18. The smallest absolute Gasteiger partial charge is 0.236 e.